The van der Waals surface area contributed by atoms with Crippen molar-refractivity contribution in [1.29, 1.82) is 0 Å². The molecule has 0 saturated heterocycles. The monoisotopic (exact) mass is 333 g/mol. The van der Waals surface area contributed by atoms with Crippen LogP contribution in [-0.2, 0) is 0 Å². The van der Waals surface area contributed by atoms with E-state index in [2.05, 4.69) is 20.9 Å². The number of nitrogens with zero attached hydrogens (tertiary/aromatic N) is 2. The predicted octanol–water partition coefficient (Wildman–Crippen LogP) is 0.825. The third kappa shape index (κ3) is 5.65. The maximum Gasteiger partial charge on any atom is 0.235 e. The van der Waals surface area contributed by atoms with Gasteiger partial charge in [-0.05, 0) is 31.5 Å². The van der Waals surface area contributed by atoms with Crippen molar-refractivity contribution in [2.24, 2.45) is 5.84 Å². The second-order valence-corrected chi connectivity index (χ2v) is 5.30. The fourth-order valence-corrected chi connectivity index (χ4v) is 1.95. The Balaban J connectivity index is 1.70. The summed E-state index contributed by atoms with van der Waals surface area (Å²) < 4.78 is 11.1. The molecule has 0 aliphatic heterocycles. The predicted molar refractivity (Wildman–Crippen MR) is 90.6 cm³/mol. The lowest BCUT2D eigenvalue weighted by atomic mass is 10.2. The Morgan fingerprint density at radius 1 is 1.21 bits per heavy atom. The number of nitrogens with one attached hydrogen (secondary N) is 2. The normalized spacial score (nSPS) is 13.2. The molecule has 8 nitrogen and oxygen atoms in total. The van der Waals surface area contributed by atoms with Gasteiger partial charge in [-0.1, -0.05) is 18.2 Å². The molecule has 8 heteroatoms. The highest BCUT2D eigenvalue weighted by atomic mass is 16.5. The Morgan fingerprint density at radius 2 is 2.00 bits per heavy atom. The number of anilines is 1. The maximum absolute atomic E-state index is 9.99. The lowest BCUT2D eigenvalue weighted by molar-refractivity contribution is 0.0851. The first-order valence-corrected chi connectivity index (χ1v) is 7.65. The third-order valence-electron chi connectivity index (χ3n) is 3.25. The lowest BCUT2D eigenvalue weighted by Crippen LogP contribution is -2.39. The van der Waals surface area contributed by atoms with Gasteiger partial charge in [0.2, 0.25) is 5.88 Å². The number of rotatable bonds is 9. The van der Waals surface area contributed by atoms with Crippen molar-refractivity contribution in [3.8, 4) is 11.6 Å². The second-order valence-electron chi connectivity index (χ2n) is 5.30. The van der Waals surface area contributed by atoms with Gasteiger partial charge in [-0.2, -0.15) is 0 Å². The summed E-state index contributed by atoms with van der Waals surface area (Å²) >= 11 is 0. The van der Waals surface area contributed by atoms with E-state index in [-0.39, 0.29) is 12.8 Å². The largest absolute Gasteiger partial charge is 0.491 e. The van der Waals surface area contributed by atoms with Crippen molar-refractivity contribution in [2.75, 3.05) is 18.6 Å². The molecule has 0 amide bonds. The van der Waals surface area contributed by atoms with Crippen molar-refractivity contribution >= 4 is 5.82 Å². The number of nitrogens with two attached hydrogens (primary N) is 1. The number of nitrogen functional groups attached to an aromatic ring is 1. The number of aryl methyl sites for hydroxylation is 1. The van der Waals surface area contributed by atoms with Crippen LogP contribution >= 0.6 is 0 Å². The SMILES string of the molecule is Cc1ccccc1OCC(O)CNC(C)Oc1ccc(NN)nn1. The Hall–Kier alpha value is -2.42. The number of ether oxygens (including phenoxy) is 2. The van der Waals surface area contributed by atoms with Gasteiger partial charge < -0.3 is 20.0 Å². The minimum atomic E-state index is -0.662. The Bertz CT molecular complexity index is 623. The summed E-state index contributed by atoms with van der Waals surface area (Å²) in [4.78, 5) is 0. The first-order chi connectivity index (χ1) is 11.6. The molecule has 1 heterocycles. The molecule has 1 aromatic heterocycles. The quantitative estimate of drug-likeness (QED) is 0.303. The van der Waals surface area contributed by atoms with Crippen molar-refractivity contribution in [1.82, 2.24) is 15.5 Å². The van der Waals surface area contributed by atoms with Crippen LogP contribution in [0.2, 0.25) is 0 Å². The minimum absolute atomic E-state index is 0.196. The smallest absolute Gasteiger partial charge is 0.235 e. The number of aromatic nitrogens is 2. The number of hydrogen-bond acceptors (Lipinski definition) is 8. The maximum atomic E-state index is 9.99. The summed E-state index contributed by atoms with van der Waals surface area (Å²) in [5.41, 5.74) is 3.42. The molecule has 2 aromatic rings. The third-order valence-corrected chi connectivity index (χ3v) is 3.25. The van der Waals surface area contributed by atoms with Gasteiger partial charge in [0.05, 0.1) is 0 Å². The van der Waals surface area contributed by atoms with Gasteiger partial charge in [-0.15, -0.1) is 10.2 Å². The zero-order valence-electron chi connectivity index (χ0n) is 13.8. The molecule has 0 bridgehead atoms. The van der Waals surface area contributed by atoms with Crippen LogP contribution in [0.1, 0.15) is 12.5 Å². The van der Waals surface area contributed by atoms with Crippen LogP contribution in [0.3, 0.4) is 0 Å². The standard InChI is InChI=1S/C16H23N5O3/c1-11-5-3-4-6-14(11)23-10-13(22)9-18-12(2)24-16-8-7-15(19-17)20-21-16/h3-8,12-13,18,22H,9-10,17H2,1-2H3,(H,19,20). The molecule has 130 valence electrons. The molecular weight excluding hydrogens is 310 g/mol. The first kappa shape index (κ1) is 17.9. The average molecular weight is 333 g/mol. The zero-order chi connectivity index (χ0) is 17.4. The molecule has 0 saturated carbocycles. The molecule has 0 aliphatic rings. The summed E-state index contributed by atoms with van der Waals surface area (Å²) in [5, 5.41) is 20.7. The van der Waals surface area contributed by atoms with E-state index in [1.54, 1.807) is 12.1 Å². The van der Waals surface area contributed by atoms with E-state index < -0.39 is 6.10 Å². The van der Waals surface area contributed by atoms with Gasteiger partial charge in [-0.3, -0.25) is 5.32 Å². The number of para-hydroxylation sites is 1. The van der Waals surface area contributed by atoms with Crippen LogP contribution in [-0.4, -0.2) is 40.8 Å². The van der Waals surface area contributed by atoms with E-state index in [1.165, 1.54) is 0 Å². The molecule has 0 aliphatic carbocycles. The van der Waals surface area contributed by atoms with Gasteiger partial charge in [0, 0.05) is 12.6 Å². The molecule has 0 fully saturated rings. The van der Waals surface area contributed by atoms with Crippen LogP contribution in [0.25, 0.3) is 0 Å². The first-order valence-electron chi connectivity index (χ1n) is 7.65. The van der Waals surface area contributed by atoms with Gasteiger partial charge in [0.25, 0.3) is 0 Å². The van der Waals surface area contributed by atoms with Crippen LogP contribution in [0.4, 0.5) is 5.82 Å². The van der Waals surface area contributed by atoms with Gasteiger partial charge in [0.15, 0.2) is 5.82 Å². The highest BCUT2D eigenvalue weighted by Gasteiger charge is 2.10. The number of aliphatic hydroxyl groups excluding tert-OH is 1. The Kier molecular flexibility index (Phi) is 6.74. The summed E-state index contributed by atoms with van der Waals surface area (Å²) in [5.74, 6) is 6.80. The molecule has 24 heavy (non-hydrogen) atoms. The van der Waals surface area contributed by atoms with Crippen molar-refractivity contribution in [2.45, 2.75) is 26.2 Å². The number of benzene rings is 1. The summed E-state index contributed by atoms with van der Waals surface area (Å²) in [6.07, 6.45) is -1.00. The number of hydrogen-bond donors (Lipinski definition) is 4. The van der Waals surface area contributed by atoms with E-state index in [9.17, 15) is 5.11 Å². The highest BCUT2D eigenvalue weighted by molar-refractivity contribution is 5.32. The number of hydrazine groups is 1. The molecule has 1 aromatic carbocycles. The highest BCUT2D eigenvalue weighted by Crippen LogP contribution is 2.16. The van der Waals surface area contributed by atoms with Gasteiger partial charge in [-0.25, -0.2) is 5.84 Å². The van der Waals surface area contributed by atoms with Gasteiger partial charge >= 0.3 is 0 Å². The molecule has 2 atom stereocenters. The van der Waals surface area contributed by atoms with E-state index in [0.29, 0.717) is 18.2 Å². The van der Waals surface area contributed by atoms with Crippen molar-refractivity contribution in [3.63, 3.8) is 0 Å². The molecular formula is C16H23N5O3. The van der Waals surface area contributed by atoms with E-state index >= 15 is 0 Å². The van der Waals surface area contributed by atoms with E-state index in [1.807, 2.05) is 38.1 Å². The van der Waals surface area contributed by atoms with Crippen LogP contribution in [0.5, 0.6) is 11.6 Å². The minimum Gasteiger partial charge on any atom is -0.491 e. The summed E-state index contributed by atoms with van der Waals surface area (Å²) in [7, 11) is 0. The van der Waals surface area contributed by atoms with Crippen molar-refractivity contribution < 1.29 is 14.6 Å². The Morgan fingerprint density at radius 3 is 2.67 bits per heavy atom. The van der Waals surface area contributed by atoms with Crippen LogP contribution in [0, 0.1) is 6.92 Å². The molecule has 2 unspecified atom stereocenters. The van der Waals surface area contributed by atoms with E-state index in [0.717, 1.165) is 11.3 Å². The fraction of sp³-hybridized carbons (Fsp3) is 0.375. The summed E-state index contributed by atoms with van der Waals surface area (Å²) in [6.45, 7) is 4.29. The zero-order valence-corrected chi connectivity index (χ0v) is 13.8. The summed E-state index contributed by atoms with van der Waals surface area (Å²) in [6, 6.07) is 11.0. The fourth-order valence-electron chi connectivity index (χ4n) is 1.95. The lowest BCUT2D eigenvalue weighted by Gasteiger charge is -2.18. The second kappa shape index (κ2) is 9.02. The van der Waals surface area contributed by atoms with Gasteiger partial charge in [0.1, 0.15) is 24.7 Å². The molecule has 2 rings (SSSR count). The molecule has 0 radical (unpaired) electrons. The number of aliphatic hydroxyl groups is 1. The molecule has 5 N–H and O–H groups in total. The van der Waals surface area contributed by atoms with Crippen LogP contribution < -0.4 is 26.1 Å². The van der Waals surface area contributed by atoms with E-state index in [4.69, 9.17) is 15.3 Å². The van der Waals surface area contributed by atoms with Crippen LogP contribution in [0.15, 0.2) is 36.4 Å². The topological polar surface area (TPSA) is 115 Å². The Labute approximate surface area is 141 Å². The van der Waals surface area contributed by atoms with Crippen molar-refractivity contribution in [3.05, 3.63) is 42.0 Å². The molecule has 0 spiro atoms. The average Bonchev–Trinajstić information content (AvgIpc) is 2.60.